The van der Waals surface area contributed by atoms with Crippen LogP contribution in [0.2, 0.25) is 0 Å². The molecule has 1 aliphatic heterocycles. The second kappa shape index (κ2) is 4.70. The Labute approximate surface area is 116 Å². The maximum Gasteiger partial charge on any atom is 0.329 e. The molecule has 20 heavy (non-hydrogen) atoms. The molecule has 0 bridgehead atoms. The molecular formula is C14H16N2O4. The van der Waals surface area contributed by atoms with Crippen LogP contribution in [0.5, 0.6) is 5.75 Å². The summed E-state index contributed by atoms with van der Waals surface area (Å²) in [5.74, 6) is -0.314. The third kappa shape index (κ3) is 2.17. The highest BCUT2D eigenvalue weighted by atomic mass is 16.5. The van der Waals surface area contributed by atoms with Gasteiger partial charge in [-0.25, -0.2) is 9.59 Å². The van der Waals surface area contributed by atoms with E-state index in [2.05, 4.69) is 5.32 Å². The number of amides is 2. The van der Waals surface area contributed by atoms with E-state index >= 15 is 0 Å². The third-order valence-corrected chi connectivity index (χ3v) is 3.69. The van der Waals surface area contributed by atoms with Gasteiger partial charge < -0.3 is 15.2 Å². The number of nitrogens with one attached hydrogen (secondary N) is 1. The number of carboxylic acids is 1. The molecular weight excluding hydrogens is 260 g/mol. The summed E-state index contributed by atoms with van der Waals surface area (Å²) in [7, 11) is 0. The molecule has 0 unspecified atom stereocenters. The highest BCUT2D eigenvalue weighted by Gasteiger charge is 2.52. The van der Waals surface area contributed by atoms with Gasteiger partial charge in [-0.15, -0.1) is 0 Å². The summed E-state index contributed by atoms with van der Waals surface area (Å²) in [4.78, 5) is 25.1. The van der Waals surface area contributed by atoms with E-state index in [1.807, 2.05) is 18.2 Å². The van der Waals surface area contributed by atoms with Crippen LogP contribution in [0.15, 0.2) is 24.3 Å². The fourth-order valence-electron chi connectivity index (χ4n) is 2.33. The van der Waals surface area contributed by atoms with Gasteiger partial charge >= 0.3 is 12.0 Å². The first-order valence-corrected chi connectivity index (χ1v) is 6.67. The maximum atomic E-state index is 12.4. The Balaban J connectivity index is 1.83. The second-order valence-corrected chi connectivity index (χ2v) is 5.14. The monoisotopic (exact) mass is 276 g/mol. The van der Waals surface area contributed by atoms with Gasteiger partial charge in [0.2, 0.25) is 0 Å². The molecule has 1 fully saturated rings. The van der Waals surface area contributed by atoms with Crippen molar-refractivity contribution in [3.05, 3.63) is 24.3 Å². The lowest BCUT2D eigenvalue weighted by atomic mass is 10.2. The van der Waals surface area contributed by atoms with E-state index in [4.69, 9.17) is 9.84 Å². The van der Waals surface area contributed by atoms with Gasteiger partial charge in [0.1, 0.15) is 11.3 Å². The summed E-state index contributed by atoms with van der Waals surface area (Å²) in [5.41, 5.74) is -0.386. The number of fused-ring (bicyclic) bond motifs is 1. The summed E-state index contributed by atoms with van der Waals surface area (Å²) >= 11 is 0. The highest BCUT2D eigenvalue weighted by molar-refractivity contribution is 5.98. The van der Waals surface area contributed by atoms with E-state index < -0.39 is 11.5 Å². The van der Waals surface area contributed by atoms with Gasteiger partial charge in [0.25, 0.3) is 0 Å². The number of carboxylic acid groups (broad SMARTS) is 1. The first kappa shape index (κ1) is 12.8. The smallest absolute Gasteiger partial charge is 0.329 e. The molecule has 0 spiro atoms. The van der Waals surface area contributed by atoms with Crippen LogP contribution >= 0.6 is 0 Å². The number of ether oxygens (including phenoxy) is 1. The van der Waals surface area contributed by atoms with Gasteiger partial charge in [0.05, 0.1) is 12.3 Å². The maximum absolute atomic E-state index is 12.4. The lowest BCUT2D eigenvalue weighted by Gasteiger charge is -2.24. The molecule has 2 N–H and O–H groups in total. The minimum absolute atomic E-state index is 0.372. The number of carbonyl (C=O) groups excluding carboxylic acids is 1. The molecule has 6 heteroatoms. The molecule has 1 aliphatic carbocycles. The van der Waals surface area contributed by atoms with Crippen molar-refractivity contribution in [3.8, 4) is 5.75 Å². The second-order valence-electron chi connectivity index (χ2n) is 5.14. The number of rotatable bonds is 2. The zero-order valence-electron chi connectivity index (χ0n) is 11.0. The molecule has 1 heterocycles. The predicted molar refractivity (Wildman–Crippen MR) is 72.0 cm³/mol. The van der Waals surface area contributed by atoms with Crippen LogP contribution in [0.25, 0.3) is 0 Å². The fraction of sp³-hybridized carbons (Fsp3) is 0.429. The lowest BCUT2D eigenvalue weighted by Crippen LogP contribution is -2.50. The van der Waals surface area contributed by atoms with Gasteiger partial charge in [-0.2, -0.15) is 0 Å². The topological polar surface area (TPSA) is 78.9 Å². The summed E-state index contributed by atoms with van der Waals surface area (Å²) in [6.07, 6.45) is 1.68. The van der Waals surface area contributed by atoms with E-state index in [1.54, 1.807) is 11.0 Å². The van der Waals surface area contributed by atoms with Crippen LogP contribution < -0.4 is 15.0 Å². The summed E-state index contributed by atoms with van der Waals surface area (Å²) in [5, 5.41) is 11.8. The van der Waals surface area contributed by atoms with Gasteiger partial charge in [-0.3, -0.25) is 4.90 Å². The summed E-state index contributed by atoms with van der Waals surface area (Å²) < 4.78 is 5.58. The summed E-state index contributed by atoms with van der Waals surface area (Å²) in [6.45, 7) is 1.06. The minimum atomic E-state index is -1.07. The third-order valence-electron chi connectivity index (χ3n) is 3.69. The zero-order chi connectivity index (χ0) is 14.2. The average Bonchev–Trinajstić information content (AvgIpc) is 3.22. The average molecular weight is 276 g/mol. The number of hydrogen-bond donors (Lipinski definition) is 2. The fourth-order valence-corrected chi connectivity index (χ4v) is 2.33. The Hall–Kier alpha value is -2.24. The molecule has 2 aliphatic rings. The van der Waals surface area contributed by atoms with Crippen molar-refractivity contribution in [2.45, 2.75) is 24.8 Å². The number of nitrogens with zero attached hydrogens (tertiary/aromatic N) is 1. The first-order valence-electron chi connectivity index (χ1n) is 6.67. The van der Waals surface area contributed by atoms with Gasteiger partial charge in [0.15, 0.2) is 0 Å². The normalized spacial score (nSPS) is 19.3. The number of hydrogen-bond acceptors (Lipinski definition) is 3. The molecule has 1 aromatic carbocycles. The quantitative estimate of drug-likeness (QED) is 0.860. The van der Waals surface area contributed by atoms with E-state index in [0.29, 0.717) is 43.9 Å². The van der Waals surface area contributed by atoms with E-state index in [9.17, 15) is 9.59 Å². The number of aliphatic carboxylic acids is 1. The molecule has 0 aromatic heterocycles. The van der Waals surface area contributed by atoms with Crippen molar-refractivity contribution in [3.63, 3.8) is 0 Å². The van der Waals surface area contributed by atoms with Crippen molar-refractivity contribution >= 4 is 17.7 Å². The van der Waals surface area contributed by atoms with Crippen molar-refractivity contribution in [2.75, 3.05) is 18.1 Å². The van der Waals surface area contributed by atoms with Crippen LogP contribution in [0, 0.1) is 0 Å². The minimum Gasteiger partial charge on any atom is -0.491 e. The Morgan fingerprint density at radius 2 is 2.05 bits per heavy atom. The number of para-hydroxylation sites is 2. The summed E-state index contributed by atoms with van der Waals surface area (Å²) in [6, 6.07) is 6.92. The molecule has 6 nitrogen and oxygen atoms in total. The number of anilines is 1. The number of carbonyl (C=O) groups is 2. The SMILES string of the molecule is O=C(NC1(C(=O)O)CC1)N1CCCOc2ccccc21. The van der Waals surface area contributed by atoms with Crippen LogP contribution in [0.1, 0.15) is 19.3 Å². The van der Waals surface area contributed by atoms with Crippen LogP contribution in [0.4, 0.5) is 10.5 Å². The molecule has 0 radical (unpaired) electrons. The predicted octanol–water partition coefficient (Wildman–Crippen LogP) is 1.60. The highest BCUT2D eigenvalue weighted by Crippen LogP contribution is 2.37. The van der Waals surface area contributed by atoms with Gasteiger partial charge in [-0.05, 0) is 31.4 Å². The zero-order valence-corrected chi connectivity index (χ0v) is 11.0. The Morgan fingerprint density at radius 3 is 2.75 bits per heavy atom. The Morgan fingerprint density at radius 1 is 1.30 bits per heavy atom. The molecule has 0 saturated heterocycles. The standard InChI is InChI=1S/C14H16N2O4/c17-12(18)14(6-7-14)15-13(19)16-8-3-9-20-11-5-2-1-4-10(11)16/h1-2,4-5H,3,6-9H2,(H,15,19)(H,17,18). The number of benzene rings is 1. The van der Waals surface area contributed by atoms with Crippen LogP contribution in [-0.4, -0.2) is 35.8 Å². The molecule has 2 amide bonds. The Bertz CT molecular complexity index is 554. The van der Waals surface area contributed by atoms with Crippen LogP contribution in [0.3, 0.4) is 0 Å². The largest absolute Gasteiger partial charge is 0.491 e. The number of urea groups is 1. The van der Waals surface area contributed by atoms with Crippen molar-refractivity contribution < 1.29 is 19.4 Å². The molecule has 1 saturated carbocycles. The van der Waals surface area contributed by atoms with Crippen molar-refractivity contribution in [1.82, 2.24) is 5.32 Å². The first-order chi connectivity index (χ1) is 9.62. The molecule has 1 aromatic rings. The van der Waals surface area contributed by atoms with Crippen molar-refractivity contribution in [1.29, 1.82) is 0 Å². The van der Waals surface area contributed by atoms with E-state index in [0.717, 1.165) is 0 Å². The Kier molecular flexibility index (Phi) is 3.00. The van der Waals surface area contributed by atoms with Gasteiger partial charge in [0, 0.05) is 6.54 Å². The van der Waals surface area contributed by atoms with E-state index in [-0.39, 0.29) is 6.03 Å². The molecule has 106 valence electrons. The van der Waals surface area contributed by atoms with Gasteiger partial charge in [-0.1, -0.05) is 12.1 Å². The molecule has 0 atom stereocenters. The van der Waals surface area contributed by atoms with Crippen molar-refractivity contribution in [2.24, 2.45) is 0 Å². The lowest BCUT2D eigenvalue weighted by molar-refractivity contribution is -0.140. The van der Waals surface area contributed by atoms with Crippen LogP contribution in [-0.2, 0) is 4.79 Å². The van der Waals surface area contributed by atoms with E-state index in [1.165, 1.54) is 0 Å². The molecule has 3 rings (SSSR count).